The van der Waals surface area contributed by atoms with E-state index in [9.17, 15) is 0 Å². The van der Waals surface area contributed by atoms with Crippen LogP contribution in [0.4, 0.5) is 0 Å². The van der Waals surface area contributed by atoms with Gasteiger partial charge in [0.2, 0.25) is 5.88 Å². The number of nitrogens with one attached hydrogen (secondary N) is 1. The maximum atomic E-state index is 5.77. The van der Waals surface area contributed by atoms with Crippen LogP contribution in [0.25, 0.3) is 0 Å². The molecule has 5 heteroatoms. The first-order valence-corrected chi connectivity index (χ1v) is 6.69. The molecule has 1 N–H and O–H groups in total. The molecule has 0 unspecified atom stereocenters. The normalized spacial score (nSPS) is 20.9. The van der Waals surface area contributed by atoms with Crippen molar-refractivity contribution >= 4 is 0 Å². The standard InChI is InChI=1S/C13H19N3O2/c1-2-10(1)14-7-11-8-16-13(9-15-11)18-12-3-5-17-6-4-12/h8-10,12,14H,1-7H2. The molecule has 0 amide bonds. The third-order valence-corrected chi connectivity index (χ3v) is 3.29. The highest BCUT2D eigenvalue weighted by Crippen LogP contribution is 2.19. The molecule has 2 heterocycles. The maximum Gasteiger partial charge on any atom is 0.232 e. The first-order chi connectivity index (χ1) is 8.90. The predicted molar refractivity (Wildman–Crippen MR) is 66.4 cm³/mol. The first kappa shape index (κ1) is 11.9. The fraction of sp³-hybridized carbons (Fsp3) is 0.692. The van der Waals surface area contributed by atoms with Crippen molar-refractivity contribution in [1.29, 1.82) is 0 Å². The van der Waals surface area contributed by atoms with Crippen molar-refractivity contribution in [2.75, 3.05) is 13.2 Å². The smallest absolute Gasteiger partial charge is 0.232 e. The SMILES string of the molecule is c1nc(OC2CCOCC2)cnc1CNC1CC1. The molecule has 0 aromatic carbocycles. The zero-order chi connectivity index (χ0) is 12.2. The number of hydrogen-bond donors (Lipinski definition) is 1. The summed E-state index contributed by atoms with van der Waals surface area (Å²) in [7, 11) is 0. The summed E-state index contributed by atoms with van der Waals surface area (Å²) >= 11 is 0. The Balaban J connectivity index is 1.49. The van der Waals surface area contributed by atoms with Crippen LogP contribution in [0.1, 0.15) is 31.4 Å². The Morgan fingerprint density at radius 3 is 2.67 bits per heavy atom. The highest BCUT2D eigenvalue weighted by atomic mass is 16.5. The Kier molecular flexibility index (Phi) is 3.71. The monoisotopic (exact) mass is 249 g/mol. The summed E-state index contributed by atoms with van der Waals surface area (Å²) in [5.74, 6) is 0.622. The highest BCUT2D eigenvalue weighted by Gasteiger charge is 2.20. The molecule has 98 valence electrons. The van der Waals surface area contributed by atoms with Gasteiger partial charge in [0.05, 0.1) is 31.3 Å². The summed E-state index contributed by atoms with van der Waals surface area (Å²) in [6.07, 6.45) is 8.20. The lowest BCUT2D eigenvalue weighted by Gasteiger charge is -2.22. The Labute approximate surface area is 107 Å². The topological polar surface area (TPSA) is 56.3 Å². The number of nitrogens with zero attached hydrogens (tertiary/aromatic N) is 2. The van der Waals surface area contributed by atoms with E-state index in [0.717, 1.165) is 38.3 Å². The number of aromatic nitrogens is 2. The van der Waals surface area contributed by atoms with Gasteiger partial charge in [-0.05, 0) is 12.8 Å². The number of ether oxygens (including phenoxy) is 2. The molecule has 1 saturated heterocycles. The van der Waals surface area contributed by atoms with E-state index in [0.29, 0.717) is 11.9 Å². The van der Waals surface area contributed by atoms with Gasteiger partial charge in [0.25, 0.3) is 0 Å². The summed E-state index contributed by atoms with van der Waals surface area (Å²) in [5.41, 5.74) is 0.973. The van der Waals surface area contributed by atoms with Crippen molar-refractivity contribution in [3.05, 3.63) is 18.1 Å². The third-order valence-electron chi connectivity index (χ3n) is 3.29. The minimum atomic E-state index is 0.225. The molecular weight excluding hydrogens is 230 g/mol. The molecule has 1 aromatic heterocycles. The molecule has 18 heavy (non-hydrogen) atoms. The molecule has 0 bridgehead atoms. The molecule has 1 saturated carbocycles. The van der Waals surface area contributed by atoms with Gasteiger partial charge in [0, 0.05) is 25.4 Å². The van der Waals surface area contributed by atoms with E-state index in [-0.39, 0.29) is 6.10 Å². The fourth-order valence-corrected chi connectivity index (χ4v) is 2.00. The van der Waals surface area contributed by atoms with E-state index in [1.165, 1.54) is 12.8 Å². The van der Waals surface area contributed by atoms with E-state index in [1.807, 2.05) is 0 Å². The fourth-order valence-electron chi connectivity index (χ4n) is 2.00. The van der Waals surface area contributed by atoms with Crippen molar-refractivity contribution in [3.63, 3.8) is 0 Å². The van der Waals surface area contributed by atoms with Crippen LogP contribution in [-0.2, 0) is 11.3 Å². The molecule has 1 aromatic rings. The number of rotatable bonds is 5. The van der Waals surface area contributed by atoms with Gasteiger partial charge in [-0.1, -0.05) is 0 Å². The van der Waals surface area contributed by atoms with Crippen molar-refractivity contribution in [2.24, 2.45) is 0 Å². The predicted octanol–water partition coefficient (Wildman–Crippen LogP) is 1.29. The molecule has 0 atom stereocenters. The highest BCUT2D eigenvalue weighted by molar-refractivity contribution is 5.08. The molecular formula is C13H19N3O2. The zero-order valence-electron chi connectivity index (χ0n) is 10.5. The number of hydrogen-bond acceptors (Lipinski definition) is 5. The Morgan fingerprint density at radius 1 is 1.17 bits per heavy atom. The van der Waals surface area contributed by atoms with E-state index in [1.54, 1.807) is 12.4 Å². The molecule has 2 aliphatic rings. The van der Waals surface area contributed by atoms with Crippen LogP contribution in [0.3, 0.4) is 0 Å². The van der Waals surface area contributed by atoms with Crippen LogP contribution in [0, 0.1) is 0 Å². The molecule has 0 spiro atoms. The molecule has 3 rings (SSSR count). The van der Waals surface area contributed by atoms with Crippen molar-refractivity contribution in [1.82, 2.24) is 15.3 Å². The second-order valence-electron chi connectivity index (χ2n) is 4.93. The van der Waals surface area contributed by atoms with Gasteiger partial charge in [-0.2, -0.15) is 0 Å². The summed E-state index contributed by atoms with van der Waals surface area (Å²) < 4.78 is 11.1. The van der Waals surface area contributed by atoms with Gasteiger partial charge in [0.15, 0.2) is 0 Å². The van der Waals surface area contributed by atoms with E-state index >= 15 is 0 Å². The van der Waals surface area contributed by atoms with Crippen LogP contribution in [-0.4, -0.2) is 35.3 Å². The summed E-state index contributed by atoms with van der Waals surface area (Å²) in [6, 6.07) is 0.699. The van der Waals surface area contributed by atoms with Gasteiger partial charge in [-0.3, -0.25) is 4.98 Å². The van der Waals surface area contributed by atoms with Crippen LogP contribution >= 0.6 is 0 Å². The second-order valence-corrected chi connectivity index (χ2v) is 4.93. The van der Waals surface area contributed by atoms with E-state index < -0.39 is 0 Å². The molecule has 0 radical (unpaired) electrons. The summed E-state index contributed by atoms with van der Waals surface area (Å²) in [4.78, 5) is 8.67. The van der Waals surface area contributed by atoms with Crippen molar-refractivity contribution in [2.45, 2.75) is 44.4 Å². The summed E-state index contributed by atoms with van der Waals surface area (Å²) in [6.45, 7) is 2.36. The molecule has 5 nitrogen and oxygen atoms in total. The molecule has 1 aliphatic carbocycles. The minimum absolute atomic E-state index is 0.225. The van der Waals surface area contributed by atoms with Crippen molar-refractivity contribution < 1.29 is 9.47 Å². The van der Waals surface area contributed by atoms with Crippen LogP contribution in [0.5, 0.6) is 5.88 Å². The average Bonchev–Trinajstić information content (AvgIpc) is 3.23. The van der Waals surface area contributed by atoms with Crippen LogP contribution in [0.2, 0.25) is 0 Å². The van der Waals surface area contributed by atoms with Gasteiger partial charge >= 0.3 is 0 Å². The lowest BCUT2D eigenvalue weighted by Crippen LogP contribution is -2.26. The van der Waals surface area contributed by atoms with Crippen LogP contribution < -0.4 is 10.1 Å². The summed E-state index contributed by atoms with van der Waals surface area (Å²) in [5, 5.41) is 3.41. The average molecular weight is 249 g/mol. The van der Waals surface area contributed by atoms with Crippen molar-refractivity contribution in [3.8, 4) is 5.88 Å². The lowest BCUT2D eigenvalue weighted by molar-refractivity contribution is 0.0235. The van der Waals surface area contributed by atoms with Gasteiger partial charge in [-0.15, -0.1) is 0 Å². The van der Waals surface area contributed by atoms with E-state index in [4.69, 9.17) is 9.47 Å². The Bertz CT molecular complexity index is 372. The Morgan fingerprint density at radius 2 is 2.00 bits per heavy atom. The second kappa shape index (κ2) is 5.63. The maximum absolute atomic E-state index is 5.77. The van der Waals surface area contributed by atoms with Gasteiger partial charge in [-0.25, -0.2) is 4.98 Å². The largest absolute Gasteiger partial charge is 0.473 e. The first-order valence-electron chi connectivity index (χ1n) is 6.69. The lowest BCUT2D eigenvalue weighted by atomic mass is 10.2. The third kappa shape index (κ3) is 3.40. The van der Waals surface area contributed by atoms with E-state index in [2.05, 4.69) is 15.3 Å². The zero-order valence-corrected chi connectivity index (χ0v) is 10.5. The molecule has 1 aliphatic heterocycles. The van der Waals surface area contributed by atoms with Gasteiger partial charge in [0.1, 0.15) is 6.10 Å². The molecule has 2 fully saturated rings. The Hall–Kier alpha value is -1.20. The minimum Gasteiger partial charge on any atom is -0.473 e. The van der Waals surface area contributed by atoms with Gasteiger partial charge < -0.3 is 14.8 Å². The quantitative estimate of drug-likeness (QED) is 0.852. The van der Waals surface area contributed by atoms with Crippen LogP contribution in [0.15, 0.2) is 12.4 Å².